The minimum absolute atomic E-state index is 0.00143. The fourth-order valence-corrected chi connectivity index (χ4v) is 1.69. The lowest BCUT2D eigenvalue weighted by molar-refractivity contribution is -0.128. The Morgan fingerprint density at radius 2 is 2.20 bits per heavy atom. The van der Waals surface area contributed by atoms with Crippen molar-refractivity contribution in [2.75, 3.05) is 6.54 Å². The molecule has 1 aromatic heterocycles. The highest BCUT2D eigenvalue weighted by Crippen LogP contribution is 2.14. The zero-order valence-corrected chi connectivity index (χ0v) is 8.86. The van der Waals surface area contributed by atoms with Crippen molar-refractivity contribution in [2.24, 2.45) is 7.05 Å². The number of amides is 1. The van der Waals surface area contributed by atoms with Crippen molar-refractivity contribution in [3.05, 3.63) is 17.5 Å². The number of aryl methyl sites for hydroxylation is 1. The summed E-state index contributed by atoms with van der Waals surface area (Å²) >= 11 is 0. The summed E-state index contributed by atoms with van der Waals surface area (Å²) in [6.07, 6.45) is 1.80. The van der Waals surface area contributed by atoms with Crippen molar-refractivity contribution in [1.82, 2.24) is 14.7 Å². The maximum absolute atomic E-state index is 11.4. The van der Waals surface area contributed by atoms with Gasteiger partial charge in [-0.3, -0.25) is 14.3 Å². The van der Waals surface area contributed by atoms with E-state index in [0.717, 1.165) is 11.3 Å². The molecule has 2 rings (SSSR count). The normalized spacial score (nSPS) is 16.5. The number of carbonyl (C=O) groups is 2. The van der Waals surface area contributed by atoms with E-state index in [0.29, 0.717) is 6.54 Å². The van der Waals surface area contributed by atoms with Crippen LogP contribution >= 0.6 is 0 Å². The van der Waals surface area contributed by atoms with Crippen LogP contribution in [0.3, 0.4) is 0 Å². The highest BCUT2D eigenvalue weighted by Gasteiger charge is 2.27. The lowest BCUT2D eigenvalue weighted by Crippen LogP contribution is -2.24. The number of aromatic nitrogens is 2. The maximum Gasteiger partial charge on any atom is 0.230 e. The van der Waals surface area contributed by atoms with Gasteiger partial charge in [-0.1, -0.05) is 0 Å². The predicted octanol–water partition coefficient (Wildman–Crippen LogP) is 0.0299. The Kier molecular flexibility index (Phi) is 2.30. The molecule has 1 fully saturated rings. The molecule has 1 aromatic rings. The average molecular weight is 207 g/mol. The third-order valence-corrected chi connectivity index (χ3v) is 2.77. The summed E-state index contributed by atoms with van der Waals surface area (Å²) in [5, 5.41) is 4.10. The SMILES string of the molecule is Cc1c(CN2CC(=O)CC2=O)cnn1C. The van der Waals surface area contributed by atoms with Crippen LogP contribution in [0.2, 0.25) is 0 Å². The van der Waals surface area contributed by atoms with Gasteiger partial charge >= 0.3 is 0 Å². The number of nitrogens with zero attached hydrogens (tertiary/aromatic N) is 3. The van der Waals surface area contributed by atoms with Crippen molar-refractivity contribution in [2.45, 2.75) is 19.9 Å². The van der Waals surface area contributed by atoms with Crippen molar-refractivity contribution in [1.29, 1.82) is 0 Å². The van der Waals surface area contributed by atoms with Crippen LogP contribution in [0.4, 0.5) is 0 Å². The fraction of sp³-hybridized carbons (Fsp3) is 0.500. The molecule has 0 aromatic carbocycles. The highest BCUT2D eigenvalue weighted by molar-refractivity contribution is 6.05. The van der Waals surface area contributed by atoms with Crippen LogP contribution in [0.1, 0.15) is 17.7 Å². The molecule has 5 nitrogen and oxygen atoms in total. The number of rotatable bonds is 2. The summed E-state index contributed by atoms with van der Waals surface area (Å²) in [5.74, 6) is -0.0789. The molecule has 1 aliphatic rings. The third kappa shape index (κ3) is 1.77. The summed E-state index contributed by atoms with van der Waals surface area (Å²) in [7, 11) is 1.86. The molecule has 0 bridgehead atoms. The highest BCUT2D eigenvalue weighted by atomic mass is 16.2. The molecule has 0 saturated carbocycles. The van der Waals surface area contributed by atoms with Crippen LogP contribution < -0.4 is 0 Å². The average Bonchev–Trinajstić information content (AvgIpc) is 2.64. The van der Waals surface area contributed by atoms with Crippen LogP contribution in [0.15, 0.2) is 6.20 Å². The molecule has 1 amide bonds. The maximum atomic E-state index is 11.4. The van der Waals surface area contributed by atoms with E-state index in [1.54, 1.807) is 15.8 Å². The van der Waals surface area contributed by atoms with Gasteiger partial charge in [0, 0.05) is 24.8 Å². The van der Waals surface area contributed by atoms with Crippen LogP contribution in [-0.2, 0) is 23.2 Å². The van der Waals surface area contributed by atoms with E-state index >= 15 is 0 Å². The first-order chi connectivity index (χ1) is 7.08. The summed E-state index contributed by atoms with van der Waals surface area (Å²) in [4.78, 5) is 24.0. The first kappa shape index (κ1) is 9.89. The zero-order chi connectivity index (χ0) is 11.0. The first-order valence-corrected chi connectivity index (χ1v) is 4.85. The topological polar surface area (TPSA) is 55.2 Å². The van der Waals surface area contributed by atoms with Gasteiger partial charge in [0.25, 0.3) is 0 Å². The molecule has 15 heavy (non-hydrogen) atoms. The first-order valence-electron chi connectivity index (χ1n) is 4.85. The van der Waals surface area contributed by atoms with Gasteiger partial charge in [-0.2, -0.15) is 5.10 Å². The summed E-state index contributed by atoms with van der Waals surface area (Å²) in [6.45, 7) is 2.68. The Morgan fingerprint density at radius 3 is 2.67 bits per heavy atom. The van der Waals surface area contributed by atoms with Crippen molar-refractivity contribution in [3.63, 3.8) is 0 Å². The lowest BCUT2D eigenvalue weighted by Gasteiger charge is -2.13. The Balaban J connectivity index is 2.12. The molecular formula is C10H13N3O2. The second-order valence-electron chi connectivity index (χ2n) is 3.84. The van der Waals surface area contributed by atoms with Gasteiger partial charge in [0.15, 0.2) is 5.78 Å². The van der Waals surface area contributed by atoms with Crippen LogP contribution in [0.25, 0.3) is 0 Å². The van der Waals surface area contributed by atoms with Gasteiger partial charge in [0.2, 0.25) is 5.91 Å². The smallest absolute Gasteiger partial charge is 0.230 e. The van der Waals surface area contributed by atoms with Crippen molar-refractivity contribution in [3.8, 4) is 0 Å². The second kappa shape index (κ2) is 3.49. The Bertz CT molecular complexity index is 422. The molecule has 0 atom stereocenters. The van der Waals surface area contributed by atoms with E-state index in [-0.39, 0.29) is 24.7 Å². The van der Waals surface area contributed by atoms with E-state index in [2.05, 4.69) is 5.10 Å². The van der Waals surface area contributed by atoms with Gasteiger partial charge in [-0.15, -0.1) is 0 Å². The quantitative estimate of drug-likeness (QED) is 0.643. The minimum atomic E-state index is -0.0803. The van der Waals surface area contributed by atoms with Crippen molar-refractivity contribution < 1.29 is 9.59 Å². The molecule has 80 valence electrons. The molecule has 5 heteroatoms. The predicted molar refractivity (Wildman–Crippen MR) is 53.0 cm³/mol. The molecule has 0 unspecified atom stereocenters. The van der Waals surface area contributed by atoms with Crippen LogP contribution in [0, 0.1) is 6.92 Å². The van der Waals surface area contributed by atoms with E-state index in [1.165, 1.54) is 0 Å². The standard InChI is InChI=1S/C10H13N3O2/c1-7-8(4-11-12(7)2)5-13-6-9(14)3-10(13)15/h4H,3,5-6H2,1-2H3. The van der Waals surface area contributed by atoms with Crippen LogP contribution in [0.5, 0.6) is 0 Å². The number of Topliss-reactive ketones (excluding diaryl/α,β-unsaturated/α-hetero) is 1. The van der Waals surface area contributed by atoms with E-state index < -0.39 is 0 Å². The molecule has 1 aliphatic heterocycles. The number of hydrogen-bond acceptors (Lipinski definition) is 3. The lowest BCUT2D eigenvalue weighted by atomic mass is 10.2. The molecule has 1 saturated heterocycles. The third-order valence-electron chi connectivity index (χ3n) is 2.77. The number of likely N-dealkylation sites (tertiary alicyclic amines) is 1. The Morgan fingerprint density at radius 1 is 1.47 bits per heavy atom. The van der Waals surface area contributed by atoms with Gasteiger partial charge in [-0.05, 0) is 6.92 Å². The monoisotopic (exact) mass is 207 g/mol. The van der Waals surface area contributed by atoms with E-state index in [1.807, 2.05) is 14.0 Å². The summed E-state index contributed by atoms with van der Waals surface area (Å²) in [5.41, 5.74) is 2.03. The van der Waals surface area contributed by atoms with E-state index in [4.69, 9.17) is 0 Å². The molecule has 0 radical (unpaired) electrons. The largest absolute Gasteiger partial charge is 0.331 e. The number of ketones is 1. The molecular weight excluding hydrogens is 194 g/mol. The zero-order valence-electron chi connectivity index (χ0n) is 8.86. The van der Waals surface area contributed by atoms with Crippen LogP contribution in [-0.4, -0.2) is 32.9 Å². The second-order valence-corrected chi connectivity index (χ2v) is 3.84. The molecule has 0 aliphatic carbocycles. The number of hydrogen-bond donors (Lipinski definition) is 0. The Labute approximate surface area is 87.7 Å². The Hall–Kier alpha value is -1.65. The fourth-order valence-electron chi connectivity index (χ4n) is 1.69. The molecule has 0 N–H and O–H groups in total. The van der Waals surface area contributed by atoms with Gasteiger partial charge in [0.05, 0.1) is 19.2 Å². The van der Waals surface area contributed by atoms with E-state index in [9.17, 15) is 9.59 Å². The summed E-state index contributed by atoms with van der Waals surface area (Å²) < 4.78 is 1.76. The minimum Gasteiger partial charge on any atom is -0.331 e. The number of carbonyl (C=O) groups excluding carboxylic acids is 2. The summed E-state index contributed by atoms with van der Waals surface area (Å²) in [6, 6.07) is 0. The van der Waals surface area contributed by atoms with Gasteiger partial charge in [0.1, 0.15) is 0 Å². The molecule has 2 heterocycles. The van der Waals surface area contributed by atoms with Crippen molar-refractivity contribution >= 4 is 11.7 Å². The van der Waals surface area contributed by atoms with Gasteiger partial charge in [-0.25, -0.2) is 0 Å². The molecule has 0 spiro atoms. The van der Waals surface area contributed by atoms with Gasteiger partial charge < -0.3 is 4.90 Å².